The van der Waals surface area contributed by atoms with Gasteiger partial charge in [-0.25, -0.2) is 9.78 Å². The van der Waals surface area contributed by atoms with Gasteiger partial charge in [-0.15, -0.1) is 0 Å². The molecule has 15 heteroatoms. The number of carbonyl (C=O) groups excluding carboxylic acids is 3. The van der Waals surface area contributed by atoms with E-state index in [1.165, 1.54) is 12.5 Å². The summed E-state index contributed by atoms with van der Waals surface area (Å²) < 4.78 is 0. The molecule has 1 rings (SSSR count). The molecule has 1 aromatic heterocycles. The molecule has 14 nitrogen and oxygen atoms in total. The van der Waals surface area contributed by atoms with Crippen molar-refractivity contribution in [2.45, 2.75) is 62.7 Å². The number of nitrogens with zero attached hydrogens (tertiary/aromatic N) is 1. The van der Waals surface area contributed by atoms with Crippen LogP contribution in [-0.2, 0) is 30.4 Å². The number of carboxylic acids is 2. The molecule has 0 aliphatic rings. The standard InChI is InChI=1S/C20H33N7O7S/c21-6-2-1-3-12(22)17(30)27-15(9-35)19(32)25-13(4-5-16(28)29)18(31)26-14(20(33)34)7-11-8-23-10-24-11/h8,10,12-15,35H,1-7,9,21-22H2,(H,23,24)(H,25,32)(H,26,31)(H,27,30)(H,28,29)(H,33,34). The van der Waals surface area contributed by atoms with Gasteiger partial charge in [0.1, 0.15) is 18.1 Å². The van der Waals surface area contributed by atoms with E-state index in [1.807, 2.05) is 0 Å². The van der Waals surface area contributed by atoms with Gasteiger partial charge in [0, 0.05) is 30.5 Å². The van der Waals surface area contributed by atoms with Crippen LogP contribution >= 0.6 is 12.6 Å². The number of carboxylic acid groups (broad SMARTS) is 2. The van der Waals surface area contributed by atoms with E-state index in [1.54, 1.807) is 0 Å². The maximum atomic E-state index is 12.8. The van der Waals surface area contributed by atoms with Crippen LogP contribution in [0.15, 0.2) is 12.5 Å². The highest BCUT2D eigenvalue weighted by molar-refractivity contribution is 7.80. The van der Waals surface area contributed by atoms with E-state index in [4.69, 9.17) is 16.6 Å². The molecule has 1 heterocycles. The van der Waals surface area contributed by atoms with Crippen LogP contribution < -0.4 is 27.4 Å². The highest BCUT2D eigenvalue weighted by Crippen LogP contribution is 2.05. The number of aromatic amines is 1. The molecule has 0 saturated heterocycles. The molecule has 0 radical (unpaired) electrons. The smallest absolute Gasteiger partial charge is 0.326 e. The normalized spacial score (nSPS) is 14.3. The van der Waals surface area contributed by atoms with Crippen molar-refractivity contribution < 1.29 is 34.2 Å². The molecule has 196 valence electrons. The molecule has 0 aliphatic heterocycles. The maximum Gasteiger partial charge on any atom is 0.326 e. The van der Waals surface area contributed by atoms with Crippen molar-refractivity contribution in [3.63, 3.8) is 0 Å². The van der Waals surface area contributed by atoms with Crippen LogP contribution in [0.1, 0.15) is 37.8 Å². The summed E-state index contributed by atoms with van der Waals surface area (Å²) in [4.78, 5) is 67.0. The van der Waals surface area contributed by atoms with Crippen molar-refractivity contribution in [2.24, 2.45) is 11.5 Å². The average molecular weight is 516 g/mol. The minimum Gasteiger partial charge on any atom is -0.481 e. The number of rotatable bonds is 17. The number of thiol groups is 1. The van der Waals surface area contributed by atoms with Gasteiger partial charge in [0.05, 0.1) is 12.4 Å². The summed E-state index contributed by atoms with van der Waals surface area (Å²) in [6.45, 7) is 0.459. The summed E-state index contributed by atoms with van der Waals surface area (Å²) in [5.74, 6) is -4.96. The molecule has 4 atom stereocenters. The first-order chi connectivity index (χ1) is 16.6. The maximum absolute atomic E-state index is 12.8. The van der Waals surface area contributed by atoms with Gasteiger partial charge in [-0.1, -0.05) is 6.42 Å². The molecular weight excluding hydrogens is 482 g/mol. The molecule has 10 N–H and O–H groups in total. The summed E-state index contributed by atoms with van der Waals surface area (Å²) in [5.41, 5.74) is 11.7. The molecule has 0 fully saturated rings. The predicted molar refractivity (Wildman–Crippen MR) is 127 cm³/mol. The van der Waals surface area contributed by atoms with Gasteiger partial charge in [-0.2, -0.15) is 12.6 Å². The first-order valence-electron chi connectivity index (χ1n) is 11.0. The van der Waals surface area contributed by atoms with Crippen LogP contribution in [-0.4, -0.2) is 86.3 Å². The molecule has 0 bridgehead atoms. The number of unbranched alkanes of at least 4 members (excludes halogenated alkanes) is 1. The third-order valence-electron chi connectivity index (χ3n) is 4.99. The number of nitrogens with two attached hydrogens (primary N) is 2. The largest absolute Gasteiger partial charge is 0.481 e. The van der Waals surface area contributed by atoms with E-state index in [-0.39, 0.29) is 18.6 Å². The van der Waals surface area contributed by atoms with Crippen molar-refractivity contribution >= 4 is 42.3 Å². The summed E-state index contributed by atoms with van der Waals surface area (Å²) in [7, 11) is 0. The Morgan fingerprint density at radius 1 is 0.971 bits per heavy atom. The first kappa shape index (κ1) is 29.9. The summed E-state index contributed by atoms with van der Waals surface area (Å²) >= 11 is 4.06. The highest BCUT2D eigenvalue weighted by Gasteiger charge is 2.30. The lowest BCUT2D eigenvalue weighted by Gasteiger charge is -2.24. The highest BCUT2D eigenvalue weighted by atomic mass is 32.1. The number of hydrogen-bond acceptors (Lipinski definition) is 9. The fraction of sp³-hybridized carbons (Fsp3) is 0.600. The Morgan fingerprint density at radius 2 is 1.60 bits per heavy atom. The molecule has 1 aromatic rings. The van der Waals surface area contributed by atoms with Gasteiger partial charge >= 0.3 is 11.9 Å². The van der Waals surface area contributed by atoms with Crippen molar-refractivity contribution in [1.82, 2.24) is 25.9 Å². The third-order valence-corrected chi connectivity index (χ3v) is 5.36. The van der Waals surface area contributed by atoms with E-state index in [0.29, 0.717) is 31.5 Å². The average Bonchev–Trinajstić information content (AvgIpc) is 3.32. The van der Waals surface area contributed by atoms with Crippen LogP contribution in [0.4, 0.5) is 0 Å². The van der Waals surface area contributed by atoms with Gasteiger partial charge in [-0.05, 0) is 25.8 Å². The summed E-state index contributed by atoms with van der Waals surface area (Å²) in [6, 6.07) is -4.77. The van der Waals surface area contributed by atoms with Crippen LogP contribution in [0, 0.1) is 0 Å². The zero-order chi connectivity index (χ0) is 26.4. The van der Waals surface area contributed by atoms with Crippen molar-refractivity contribution in [1.29, 1.82) is 0 Å². The molecule has 35 heavy (non-hydrogen) atoms. The monoisotopic (exact) mass is 515 g/mol. The Morgan fingerprint density at radius 3 is 2.14 bits per heavy atom. The zero-order valence-electron chi connectivity index (χ0n) is 19.1. The predicted octanol–water partition coefficient (Wildman–Crippen LogP) is -2.26. The zero-order valence-corrected chi connectivity index (χ0v) is 20.0. The topological polar surface area (TPSA) is 243 Å². The van der Waals surface area contributed by atoms with Crippen molar-refractivity contribution in [3.8, 4) is 0 Å². The van der Waals surface area contributed by atoms with E-state index in [0.717, 1.165) is 0 Å². The first-order valence-corrected chi connectivity index (χ1v) is 11.6. The second kappa shape index (κ2) is 15.7. The van der Waals surface area contributed by atoms with Crippen LogP contribution in [0.2, 0.25) is 0 Å². The Labute approximate surface area is 207 Å². The number of carbonyl (C=O) groups is 5. The number of aromatic nitrogens is 2. The third kappa shape index (κ3) is 11.2. The van der Waals surface area contributed by atoms with Crippen LogP contribution in [0.3, 0.4) is 0 Å². The SMILES string of the molecule is NCCCCC(N)C(=O)NC(CS)C(=O)NC(CCC(=O)O)C(=O)NC(Cc1cnc[nH]1)C(=O)O. The quantitative estimate of drug-likeness (QED) is 0.0796. The Kier molecular flexibility index (Phi) is 13.4. The van der Waals surface area contributed by atoms with Gasteiger partial charge < -0.3 is 42.6 Å². The van der Waals surface area contributed by atoms with Crippen molar-refractivity contribution in [3.05, 3.63) is 18.2 Å². The van der Waals surface area contributed by atoms with Gasteiger partial charge in [0.15, 0.2) is 0 Å². The lowest BCUT2D eigenvalue weighted by molar-refractivity contribution is -0.143. The van der Waals surface area contributed by atoms with E-state index in [2.05, 4.69) is 38.5 Å². The lowest BCUT2D eigenvalue weighted by Crippen LogP contribution is -2.57. The number of aliphatic carboxylic acids is 2. The minimum absolute atomic E-state index is 0.113. The second-order valence-corrected chi connectivity index (χ2v) is 8.17. The summed E-state index contributed by atoms with van der Waals surface area (Å²) in [6.07, 6.45) is 3.53. The molecule has 0 saturated carbocycles. The van der Waals surface area contributed by atoms with E-state index in [9.17, 15) is 29.1 Å². The molecular formula is C20H33N7O7S. The number of hydrogen-bond donors (Lipinski definition) is 9. The van der Waals surface area contributed by atoms with Crippen LogP contribution in [0.5, 0.6) is 0 Å². The Hall–Kier alpha value is -3.17. The van der Waals surface area contributed by atoms with Crippen LogP contribution in [0.25, 0.3) is 0 Å². The number of nitrogens with one attached hydrogen (secondary N) is 4. The van der Waals surface area contributed by atoms with Gasteiger partial charge in [0.2, 0.25) is 17.7 Å². The van der Waals surface area contributed by atoms with Gasteiger partial charge in [0.25, 0.3) is 0 Å². The fourth-order valence-electron chi connectivity index (χ4n) is 3.01. The summed E-state index contributed by atoms with van der Waals surface area (Å²) in [5, 5.41) is 25.6. The van der Waals surface area contributed by atoms with E-state index >= 15 is 0 Å². The fourth-order valence-corrected chi connectivity index (χ4v) is 3.27. The minimum atomic E-state index is -1.38. The number of imidazole rings is 1. The Balaban J connectivity index is 2.85. The molecule has 0 spiro atoms. The number of amides is 3. The molecule has 0 aromatic carbocycles. The molecule has 0 aliphatic carbocycles. The molecule has 4 unspecified atom stereocenters. The Bertz CT molecular complexity index is 853. The number of H-pyrrole nitrogens is 1. The van der Waals surface area contributed by atoms with E-state index < -0.39 is 60.2 Å². The van der Waals surface area contributed by atoms with Gasteiger partial charge in [-0.3, -0.25) is 19.2 Å². The molecule has 3 amide bonds. The second-order valence-electron chi connectivity index (χ2n) is 7.81. The lowest BCUT2D eigenvalue weighted by atomic mass is 10.1. The van der Waals surface area contributed by atoms with Crippen molar-refractivity contribution in [2.75, 3.05) is 12.3 Å².